The molecule has 0 aromatic carbocycles. The summed E-state index contributed by atoms with van der Waals surface area (Å²) in [6, 6.07) is 0. The lowest BCUT2D eigenvalue weighted by atomic mass is 9.94. The Kier molecular flexibility index (Phi) is 3.69. The maximum Gasteiger partial charge on any atom is 0.274 e. The zero-order valence-corrected chi connectivity index (χ0v) is 11.7. The van der Waals surface area contributed by atoms with Gasteiger partial charge in [-0.3, -0.25) is 4.79 Å². The largest absolute Gasteiger partial charge is 0.443 e. The number of aromatic nitrogens is 3. The van der Waals surface area contributed by atoms with Gasteiger partial charge < -0.3 is 15.5 Å². The standard InChI is InChI=1S/C13H17N5O2/c1-13(2,3)8-6-17-9(20-8)7-18-12(19)10-11(14)16-5-4-15-10/h4-6H,7H2,1-3H3,(H2,14,16)(H,18,19). The minimum atomic E-state index is -0.411. The number of amides is 1. The SMILES string of the molecule is CC(C)(C)c1cnc(CNC(=O)c2nccnc2N)o1. The van der Waals surface area contributed by atoms with Gasteiger partial charge in [0.25, 0.3) is 5.91 Å². The van der Waals surface area contributed by atoms with Gasteiger partial charge in [0, 0.05) is 17.8 Å². The van der Waals surface area contributed by atoms with Crippen molar-refractivity contribution >= 4 is 11.7 Å². The summed E-state index contributed by atoms with van der Waals surface area (Å²) in [7, 11) is 0. The molecule has 20 heavy (non-hydrogen) atoms. The highest BCUT2D eigenvalue weighted by atomic mass is 16.4. The monoisotopic (exact) mass is 275 g/mol. The first-order chi connectivity index (χ1) is 9.38. The lowest BCUT2D eigenvalue weighted by Crippen LogP contribution is -2.25. The molecule has 1 amide bonds. The summed E-state index contributed by atoms with van der Waals surface area (Å²) in [6.07, 6.45) is 4.50. The Hall–Kier alpha value is -2.44. The van der Waals surface area contributed by atoms with Crippen molar-refractivity contribution in [3.05, 3.63) is 35.9 Å². The van der Waals surface area contributed by atoms with E-state index in [1.165, 1.54) is 12.4 Å². The molecule has 2 aromatic rings. The van der Waals surface area contributed by atoms with Crippen LogP contribution in [0.15, 0.2) is 23.0 Å². The van der Waals surface area contributed by atoms with Crippen molar-refractivity contribution in [1.82, 2.24) is 20.3 Å². The highest BCUT2D eigenvalue weighted by molar-refractivity contribution is 5.96. The second kappa shape index (κ2) is 5.28. The van der Waals surface area contributed by atoms with Crippen molar-refractivity contribution in [1.29, 1.82) is 0 Å². The smallest absolute Gasteiger partial charge is 0.274 e. The molecule has 0 unspecified atom stereocenters. The average Bonchev–Trinajstić information content (AvgIpc) is 2.85. The van der Waals surface area contributed by atoms with Gasteiger partial charge >= 0.3 is 0 Å². The molecular weight excluding hydrogens is 258 g/mol. The highest BCUT2D eigenvalue weighted by Crippen LogP contribution is 2.22. The van der Waals surface area contributed by atoms with Crippen LogP contribution in [0, 0.1) is 0 Å². The van der Waals surface area contributed by atoms with Gasteiger partial charge in [-0.25, -0.2) is 15.0 Å². The van der Waals surface area contributed by atoms with Crippen molar-refractivity contribution in [2.75, 3.05) is 5.73 Å². The van der Waals surface area contributed by atoms with Gasteiger partial charge in [-0.05, 0) is 0 Å². The molecule has 0 saturated heterocycles. The van der Waals surface area contributed by atoms with Crippen molar-refractivity contribution < 1.29 is 9.21 Å². The summed E-state index contributed by atoms with van der Waals surface area (Å²) in [6.45, 7) is 6.24. The minimum Gasteiger partial charge on any atom is -0.443 e. The molecule has 0 bridgehead atoms. The molecule has 0 radical (unpaired) electrons. The predicted octanol–water partition coefficient (Wildman–Crippen LogP) is 1.27. The van der Waals surface area contributed by atoms with E-state index in [4.69, 9.17) is 10.2 Å². The summed E-state index contributed by atoms with van der Waals surface area (Å²) in [5.74, 6) is 0.880. The third-order valence-electron chi connectivity index (χ3n) is 2.63. The van der Waals surface area contributed by atoms with E-state index >= 15 is 0 Å². The topological polar surface area (TPSA) is 107 Å². The third kappa shape index (κ3) is 3.11. The van der Waals surface area contributed by atoms with E-state index in [0.717, 1.165) is 5.76 Å². The number of carbonyl (C=O) groups is 1. The Morgan fingerprint density at radius 2 is 2.00 bits per heavy atom. The number of nitrogens with two attached hydrogens (primary N) is 1. The molecule has 7 heteroatoms. The molecule has 3 N–H and O–H groups in total. The molecular formula is C13H17N5O2. The van der Waals surface area contributed by atoms with Crippen LogP contribution < -0.4 is 11.1 Å². The lowest BCUT2D eigenvalue weighted by molar-refractivity contribution is 0.0942. The maximum atomic E-state index is 11.9. The molecule has 0 aliphatic carbocycles. The number of carbonyl (C=O) groups excluding carboxylic acids is 1. The van der Waals surface area contributed by atoms with Crippen LogP contribution in [-0.2, 0) is 12.0 Å². The van der Waals surface area contributed by atoms with E-state index in [0.29, 0.717) is 5.89 Å². The van der Waals surface area contributed by atoms with Gasteiger partial charge in [0.2, 0.25) is 5.89 Å². The van der Waals surface area contributed by atoms with Crippen LogP contribution in [0.25, 0.3) is 0 Å². The number of nitrogens with zero attached hydrogens (tertiary/aromatic N) is 3. The molecule has 0 spiro atoms. The van der Waals surface area contributed by atoms with E-state index in [-0.39, 0.29) is 23.5 Å². The zero-order chi connectivity index (χ0) is 14.8. The fourth-order valence-electron chi connectivity index (χ4n) is 1.50. The summed E-state index contributed by atoms with van der Waals surface area (Å²) >= 11 is 0. The van der Waals surface area contributed by atoms with Crippen LogP contribution in [0.1, 0.15) is 42.9 Å². The molecule has 7 nitrogen and oxygen atoms in total. The average molecular weight is 275 g/mol. The normalized spacial score (nSPS) is 11.3. The van der Waals surface area contributed by atoms with Gasteiger partial charge in [-0.15, -0.1) is 0 Å². The van der Waals surface area contributed by atoms with Crippen LogP contribution >= 0.6 is 0 Å². The van der Waals surface area contributed by atoms with Crippen LogP contribution in [0.5, 0.6) is 0 Å². The van der Waals surface area contributed by atoms with Gasteiger partial charge in [0.15, 0.2) is 11.5 Å². The van der Waals surface area contributed by atoms with Gasteiger partial charge in [-0.1, -0.05) is 20.8 Å². The third-order valence-corrected chi connectivity index (χ3v) is 2.63. The number of anilines is 1. The molecule has 0 aliphatic heterocycles. The first-order valence-electron chi connectivity index (χ1n) is 6.18. The number of oxazole rings is 1. The van der Waals surface area contributed by atoms with Crippen molar-refractivity contribution in [3.8, 4) is 0 Å². The minimum absolute atomic E-state index is 0.0905. The van der Waals surface area contributed by atoms with Crippen molar-refractivity contribution in [3.63, 3.8) is 0 Å². The quantitative estimate of drug-likeness (QED) is 0.873. The van der Waals surface area contributed by atoms with E-state index in [1.807, 2.05) is 20.8 Å². The lowest BCUT2D eigenvalue weighted by Gasteiger charge is -2.13. The number of nitrogen functional groups attached to an aromatic ring is 1. The molecule has 0 fully saturated rings. The molecule has 0 saturated carbocycles. The Balaban J connectivity index is 2.01. The predicted molar refractivity (Wildman–Crippen MR) is 72.8 cm³/mol. The van der Waals surface area contributed by atoms with Crippen LogP contribution in [0.4, 0.5) is 5.82 Å². The maximum absolute atomic E-state index is 11.9. The molecule has 0 atom stereocenters. The highest BCUT2D eigenvalue weighted by Gasteiger charge is 2.19. The molecule has 106 valence electrons. The first-order valence-corrected chi connectivity index (χ1v) is 6.18. The number of hydrogen-bond acceptors (Lipinski definition) is 6. The van der Waals surface area contributed by atoms with E-state index in [2.05, 4.69) is 20.3 Å². The fraction of sp³-hybridized carbons (Fsp3) is 0.385. The summed E-state index contributed by atoms with van der Waals surface area (Å²) in [5.41, 5.74) is 5.55. The Bertz CT molecular complexity index is 615. The second-order valence-electron chi connectivity index (χ2n) is 5.34. The number of nitrogens with one attached hydrogen (secondary N) is 1. The van der Waals surface area contributed by atoms with Crippen LogP contribution in [-0.4, -0.2) is 20.9 Å². The summed E-state index contributed by atoms with van der Waals surface area (Å²) in [4.78, 5) is 23.7. The zero-order valence-electron chi connectivity index (χ0n) is 11.7. The summed E-state index contributed by atoms with van der Waals surface area (Å²) < 4.78 is 5.57. The van der Waals surface area contributed by atoms with E-state index in [1.54, 1.807) is 6.20 Å². The fourth-order valence-corrected chi connectivity index (χ4v) is 1.50. The number of rotatable bonds is 3. The van der Waals surface area contributed by atoms with Crippen molar-refractivity contribution in [2.45, 2.75) is 32.7 Å². The Morgan fingerprint density at radius 1 is 1.30 bits per heavy atom. The Morgan fingerprint density at radius 3 is 2.60 bits per heavy atom. The van der Waals surface area contributed by atoms with Crippen molar-refractivity contribution in [2.24, 2.45) is 0 Å². The first kappa shape index (κ1) is 14.0. The van der Waals surface area contributed by atoms with Crippen LogP contribution in [0.3, 0.4) is 0 Å². The molecule has 2 rings (SSSR count). The molecule has 0 aliphatic rings. The summed E-state index contributed by atoms with van der Waals surface area (Å²) in [5, 5.41) is 2.64. The Labute approximate surface area is 116 Å². The number of hydrogen-bond donors (Lipinski definition) is 2. The van der Waals surface area contributed by atoms with E-state index < -0.39 is 5.91 Å². The van der Waals surface area contributed by atoms with E-state index in [9.17, 15) is 4.79 Å². The molecule has 2 aromatic heterocycles. The van der Waals surface area contributed by atoms with Crippen LogP contribution in [0.2, 0.25) is 0 Å². The van der Waals surface area contributed by atoms with Gasteiger partial charge in [0.05, 0.1) is 12.7 Å². The van der Waals surface area contributed by atoms with Gasteiger partial charge in [0.1, 0.15) is 5.76 Å². The second-order valence-corrected chi connectivity index (χ2v) is 5.34. The molecule has 2 heterocycles. The van der Waals surface area contributed by atoms with Gasteiger partial charge in [-0.2, -0.15) is 0 Å².